The molecule has 0 bridgehead atoms. The summed E-state index contributed by atoms with van der Waals surface area (Å²) in [6.07, 6.45) is 0. The first-order valence-corrected chi connectivity index (χ1v) is 6.13. The minimum absolute atomic E-state index is 0.0146. The largest absolute Gasteiger partial charge is 0.397 e. The lowest BCUT2D eigenvalue weighted by Crippen LogP contribution is -2.55. The van der Waals surface area contributed by atoms with Gasteiger partial charge in [0.15, 0.2) is 0 Å². The molecule has 1 amide bonds. The molecular weight excluding hydrogens is 224 g/mol. The highest BCUT2D eigenvalue weighted by molar-refractivity contribution is 7.12. The molecule has 1 aliphatic heterocycles. The molecule has 0 radical (unpaired) electrons. The highest BCUT2D eigenvalue weighted by Gasteiger charge is 2.35. The number of carbonyl (C=O) groups is 1. The number of thiophene rings is 1. The fourth-order valence-electron chi connectivity index (χ4n) is 1.85. The summed E-state index contributed by atoms with van der Waals surface area (Å²) < 4.78 is 5.39. The van der Waals surface area contributed by atoms with E-state index in [4.69, 9.17) is 10.5 Å². The number of hydrogen-bond acceptors (Lipinski definition) is 4. The minimum atomic E-state index is -0.258. The van der Waals surface area contributed by atoms with Crippen molar-refractivity contribution in [3.63, 3.8) is 0 Å². The van der Waals surface area contributed by atoms with Crippen LogP contribution in [0.2, 0.25) is 0 Å². The van der Waals surface area contributed by atoms with Crippen LogP contribution >= 0.6 is 11.3 Å². The molecule has 4 nitrogen and oxygen atoms in total. The van der Waals surface area contributed by atoms with Gasteiger partial charge in [-0.05, 0) is 25.3 Å². The monoisotopic (exact) mass is 240 g/mol. The van der Waals surface area contributed by atoms with Crippen molar-refractivity contribution in [2.75, 3.05) is 25.5 Å². The third-order valence-corrected chi connectivity index (χ3v) is 3.70. The van der Waals surface area contributed by atoms with Crippen molar-refractivity contribution in [3.8, 4) is 0 Å². The van der Waals surface area contributed by atoms with Crippen molar-refractivity contribution >= 4 is 22.9 Å². The zero-order valence-electron chi connectivity index (χ0n) is 9.53. The van der Waals surface area contributed by atoms with Gasteiger partial charge in [0, 0.05) is 6.54 Å². The number of anilines is 1. The summed E-state index contributed by atoms with van der Waals surface area (Å²) >= 11 is 1.40. The summed E-state index contributed by atoms with van der Waals surface area (Å²) in [7, 11) is 0. The van der Waals surface area contributed by atoms with Crippen molar-refractivity contribution < 1.29 is 9.53 Å². The van der Waals surface area contributed by atoms with Gasteiger partial charge in [0.25, 0.3) is 5.91 Å². The number of rotatable bonds is 1. The SMILES string of the molecule is CC1(C)COCCN1C(=O)c1sccc1N. The second-order valence-electron chi connectivity index (χ2n) is 4.53. The number of nitrogens with two attached hydrogens (primary N) is 1. The fourth-order valence-corrected chi connectivity index (χ4v) is 2.62. The van der Waals surface area contributed by atoms with Crippen LogP contribution in [-0.2, 0) is 4.74 Å². The highest BCUT2D eigenvalue weighted by atomic mass is 32.1. The van der Waals surface area contributed by atoms with Gasteiger partial charge in [-0.2, -0.15) is 0 Å². The van der Waals surface area contributed by atoms with E-state index in [1.807, 2.05) is 24.1 Å². The first-order valence-electron chi connectivity index (χ1n) is 5.25. The summed E-state index contributed by atoms with van der Waals surface area (Å²) in [6, 6.07) is 1.77. The molecule has 0 saturated carbocycles. The Morgan fingerprint density at radius 2 is 2.38 bits per heavy atom. The fraction of sp³-hybridized carbons (Fsp3) is 0.545. The van der Waals surface area contributed by atoms with Crippen LogP contribution < -0.4 is 5.73 Å². The van der Waals surface area contributed by atoms with E-state index in [0.29, 0.717) is 30.3 Å². The summed E-state index contributed by atoms with van der Waals surface area (Å²) in [5.41, 5.74) is 6.08. The maximum Gasteiger partial charge on any atom is 0.266 e. The first-order chi connectivity index (χ1) is 7.52. The molecule has 0 aromatic carbocycles. The quantitative estimate of drug-likeness (QED) is 0.811. The Labute approximate surface area is 99.0 Å². The van der Waals surface area contributed by atoms with Crippen molar-refractivity contribution in [1.82, 2.24) is 4.90 Å². The maximum absolute atomic E-state index is 12.3. The van der Waals surface area contributed by atoms with E-state index in [2.05, 4.69) is 0 Å². The Morgan fingerprint density at radius 1 is 1.62 bits per heavy atom. The predicted molar refractivity (Wildman–Crippen MR) is 64.7 cm³/mol. The number of amides is 1. The molecule has 2 N–H and O–H groups in total. The number of nitrogen functional groups attached to an aromatic ring is 1. The Morgan fingerprint density at radius 3 is 2.94 bits per heavy atom. The van der Waals surface area contributed by atoms with Gasteiger partial charge in [-0.1, -0.05) is 0 Å². The van der Waals surface area contributed by atoms with Crippen LogP contribution in [0.25, 0.3) is 0 Å². The minimum Gasteiger partial charge on any atom is -0.397 e. The second-order valence-corrected chi connectivity index (χ2v) is 5.44. The van der Waals surface area contributed by atoms with Crippen LogP contribution in [0.5, 0.6) is 0 Å². The van der Waals surface area contributed by atoms with Crippen LogP contribution in [0.4, 0.5) is 5.69 Å². The molecule has 1 fully saturated rings. The summed E-state index contributed by atoms with van der Waals surface area (Å²) in [6.45, 7) is 5.81. The summed E-state index contributed by atoms with van der Waals surface area (Å²) in [5, 5.41) is 1.84. The molecule has 5 heteroatoms. The third-order valence-electron chi connectivity index (χ3n) is 2.78. The number of nitrogens with zero attached hydrogens (tertiary/aromatic N) is 1. The van der Waals surface area contributed by atoms with Gasteiger partial charge < -0.3 is 15.4 Å². The lowest BCUT2D eigenvalue weighted by molar-refractivity contribution is -0.0368. The standard InChI is InChI=1S/C11H16N2O2S/c1-11(2)7-15-5-4-13(11)10(14)9-8(12)3-6-16-9/h3,6H,4-5,7,12H2,1-2H3. The van der Waals surface area contributed by atoms with E-state index in [1.54, 1.807) is 6.07 Å². The zero-order valence-corrected chi connectivity index (χ0v) is 10.3. The molecule has 2 rings (SSSR count). The van der Waals surface area contributed by atoms with Crippen LogP contribution in [0.1, 0.15) is 23.5 Å². The molecule has 88 valence electrons. The maximum atomic E-state index is 12.3. The average molecular weight is 240 g/mol. The molecule has 16 heavy (non-hydrogen) atoms. The molecule has 1 aromatic rings. The molecule has 0 unspecified atom stereocenters. The van der Waals surface area contributed by atoms with Crippen LogP contribution in [-0.4, -0.2) is 36.1 Å². The normalized spacial score (nSPS) is 19.8. The van der Waals surface area contributed by atoms with E-state index in [1.165, 1.54) is 11.3 Å². The summed E-state index contributed by atoms with van der Waals surface area (Å²) in [4.78, 5) is 14.8. The second kappa shape index (κ2) is 4.07. The molecule has 1 aromatic heterocycles. The van der Waals surface area contributed by atoms with Crippen molar-refractivity contribution in [2.45, 2.75) is 19.4 Å². The Bertz CT molecular complexity index is 400. The van der Waals surface area contributed by atoms with E-state index in [9.17, 15) is 4.79 Å². The van der Waals surface area contributed by atoms with Crippen LogP contribution in [0.15, 0.2) is 11.4 Å². The Kier molecular flexibility index (Phi) is 2.90. The lowest BCUT2D eigenvalue weighted by atomic mass is 10.0. The third kappa shape index (κ3) is 1.92. The van der Waals surface area contributed by atoms with E-state index in [-0.39, 0.29) is 11.4 Å². The van der Waals surface area contributed by atoms with Crippen LogP contribution in [0, 0.1) is 0 Å². The smallest absolute Gasteiger partial charge is 0.266 e. The van der Waals surface area contributed by atoms with Crippen LogP contribution in [0.3, 0.4) is 0 Å². The molecule has 0 spiro atoms. The van der Waals surface area contributed by atoms with Crippen molar-refractivity contribution in [2.24, 2.45) is 0 Å². The van der Waals surface area contributed by atoms with Gasteiger partial charge in [0.1, 0.15) is 4.88 Å². The number of hydrogen-bond donors (Lipinski definition) is 1. The Hall–Kier alpha value is -1.07. The molecule has 0 atom stereocenters. The van der Waals surface area contributed by atoms with Gasteiger partial charge in [0.05, 0.1) is 24.4 Å². The molecular formula is C11H16N2O2S. The average Bonchev–Trinajstić information content (AvgIpc) is 2.63. The molecule has 0 aliphatic carbocycles. The first kappa shape index (κ1) is 11.4. The summed E-state index contributed by atoms with van der Waals surface area (Å²) in [5.74, 6) is 0.0146. The van der Waals surface area contributed by atoms with E-state index < -0.39 is 0 Å². The molecule has 1 aliphatic rings. The number of carbonyl (C=O) groups excluding carboxylic acids is 1. The van der Waals surface area contributed by atoms with Gasteiger partial charge in [0.2, 0.25) is 0 Å². The zero-order chi connectivity index (χ0) is 11.8. The van der Waals surface area contributed by atoms with E-state index >= 15 is 0 Å². The van der Waals surface area contributed by atoms with Gasteiger partial charge in [-0.25, -0.2) is 0 Å². The molecule has 2 heterocycles. The predicted octanol–water partition coefficient (Wildman–Crippen LogP) is 1.58. The van der Waals surface area contributed by atoms with Gasteiger partial charge >= 0.3 is 0 Å². The van der Waals surface area contributed by atoms with E-state index in [0.717, 1.165) is 0 Å². The number of ether oxygens (including phenoxy) is 1. The topological polar surface area (TPSA) is 55.6 Å². The van der Waals surface area contributed by atoms with Crippen molar-refractivity contribution in [3.05, 3.63) is 16.3 Å². The highest BCUT2D eigenvalue weighted by Crippen LogP contribution is 2.26. The lowest BCUT2D eigenvalue weighted by Gasteiger charge is -2.41. The van der Waals surface area contributed by atoms with Crippen molar-refractivity contribution in [1.29, 1.82) is 0 Å². The van der Waals surface area contributed by atoms with Gasteiger partial charge in [-0.15, -0.1) is 11.3 Å². The molecule has 1 saturated heterocycles. The Balaban J connectivity index is 2.24. The van der Waals surface area contributed by atoms with Gasteiger partial charge in [-0.3, -0.25) is 4.79 Å². The number of morpholine rings is 1.